The second-order valence-corrected chi connectivity index (χ2v) is 9.38. The molecule has 2 aliphatic rings. The largest absolute Gasteiger partial charge is 0.368 e. The maximum Gasteiger partial charge on any atom is 0.195 e. The fourth-order valence-corrected chi connectivity index (χ4v) is 5.31. The van der Waals surface area contributed by atoms with Crippen LogP contribution in [0.2, 0.25) is 0 Å². The zero-order valence-corrected chi connectivity index (χ0v) is 18.6. The zero-order chi connectivity index (χ0) is 21.9. The van der Waals surface area contributed by atoms with E-state index in [2.05, 4.69) is 61.1 Å². The lowest BCUT2D eigenvalue weighted by atomic mass is 9.70. The number of ketones is 1. The number of H-pyrrole nitrogens is 1. The minimum Gasteiger partial charge on any atom is -0.368 e. The van der Waals surface area contributed by atoms with Crippen LogP contribution in [0.3, 0.4) is 0 Å². The molecular weight excluding hydrogens is 384 g/mol. The van der Waals surface area contributed by atoms with Crippen molar-refractivity contribution >= 4 is 22.4 Å². The molecule has 0 amide bonds. The van der Waals surface area contributed by atoms with Crippen LogP contribution in [-0.4, -0.2) is 36.4 Å². The summed E-state index contributed by atoms with van der Waals surface area (Å²) in [6.07, 6.45) is 0.890. The number of hydrogen-bond acceptors (Lipinski definition) is 4. The van der Waals surface area contributed by atoms with Gasteiger partial charge in [0.05, 0.1) is 17.2 Å². The molecule has 1 saturated heterocycles. The number of nitrogens with zero attached hydrogens (tertiary/aromatic N) is 2. The fraction of sp³-hybridized carbons (Fsp3) is 0.385. The molecule has 0 radical (unpaired) electrons. The van der Waals surface area contributed by atoms with Crippen LogP contribution in [0.5, 0.6) is 0 Å². The van der Waals surface area contributed by atoms with E-state index in [9.17, 15) is 10.1 Å². The molecule has 0 unspecified atom stereocenters. The average molecular weight is 413 g/mol. The van der Waals surface area contributed by atoms with Gasteiger partial charge in [-0.05, 0) is 48.7 Å². The average Bonchev–Trinajstić information content (AvgIpc) is 3.16. The van der Waals surface area contributed by atoms with E-state index in [-0.39, 0.29) is 11.2 Å². The third-order valence-corrected chi connectivity index (χ3v) is 7.01. The van der Waals surface area contributed by atoms with Gasteiger partial charge in [-0.2, -0.15) is 5.26 Å². The highest BCUT2D eigenvalue weighted by atomic mass is 16.1. The van der Waals surface area contributed by atoms with Crippen molar-refractivity contribution in [1.82, 2.24) is 10.3 Å². The van der Waals surface area contributed by atoms with Gasteiger partial charge >= 0.3 is 0 Å². The van der Waals surface area contributed by atoms with Crippen LogP contribution in [0, 0.1) is 11.3 Å². The molecule has 1 fully saturated rings. The van der Waals surface area contributed by atoms with Gasteiger partial charge in [0.15, 0.2) is 5.78 Å². The number of nitrogens with one attached hydrogen (secondary N) is 2. The van der Waals surface area contributed by atoms with Gasteiger partial charge in [-0.25, -0.2) is 0 Å². The van der Waals surface area contributed by atoms with E-state index >= 15 is 0 Å². The molecule has 0 bridgehead atoms. The van der Waals surface area contributed by atoms with Gasteiger partial charge in [0.2, 0.25) is 0 Å². The molecule has 5 nitrogen and oxygen atoms in total. The SMILES string of the molecule is CCc1cc2c(cc1N1CCN[C@@H](C)C1)C(C)(C)c1[nH]c3cc(C#N)ccc3c1C2=O. The number of fused-ring (bicyclic) bond motifs is 4. The highest BCUT2D eigenvalue weighted by molar-refractivity contribution is 6.20. The van der Waals surface area contributed by atoms with Crippen LogP contribution < -0.4 is 10.2 Å². The number of piperazine rings is 1. The van der Waals surface area contributed by atoms with Crippen LogP contribution in [0.4, 0.5) is 5.69 Å². The lowest BCUT2D eigenvalue weighted by Gasteiger charge is -2.38. The number of hydrogen-bond donors (Lipinski definition) is 2. The highest BCUT2D eigenvalue weighted by Crippen LogP contribution is 2.45. The van der Waals surface area contributed by atoms with E-state index in [1.165, 1.54) is 11.3 Å². The van der Waals surface area contributed by atoms with E-state index in [1.54, 1.807) is 6.07 Å². The summed E-state index contributed by atoms with van der Waals surface area (Å²) in [4.78, 5) is 19.7. The molecule has 2 heterocycles. The van der Waals surface area contributed by atoms with E-state index in [0.29, 0.717) is 11.6 Å². The Hall–Kier alpha value is -3.10. The van der Waals surface area contributed by atoms with Gasteiger partial charge in [0.1, 0.15) is 0 Å². The summed E-state index contributed by atoms with van der Waals surface area (Å²) < 4.78 is 0. The molecular formula is C26H28N4O. The van der Waals surface area contributed by atoms with Crippen molar-refractivity contribution in [2.45, 2.75) is 45.6 Å². The first-order valence-electron chi connectivity index (χ1n) is 11.1. The molecule has 1 atom stereocenters. The van der Waals surface area contributed by atoms with E-state index in [4.69, 9.17) is 0 Å². The Labute approximate surface area is 183 Å². The smallest absolute Gasteiger partial charge is 0.195 e. The summed E-state index contributed by atoms with van der Waals surface area (Å²) >= 11 is 0. The molecule has 5 rings (SSSR count). The number of benzene rings is 2. The van der Waals surface area contributed by atoms with Crippen LogP contribution in [0.15, 0.2) is 30.3 Å². The van der Waals surface area contributed by atoms with Crippen molar-refractivity contribution in [2.24, 2.45) is 0 Å². The number of aromatic amines is 1. The Morgan fingerprint density at radius 1 is 1.26 bits per heavy atom. The minimum absolute atomic E-state index is 0.0789. The summed E-state index contributed by atoms with van der Waals surface area (Å²) in [6.45, 7) is 11.7. The van der Waals surface area contributed by atoms with Gasteiger partial charge in [-0.3, -0.25) is 4.79 Å². The Kier molecular flexibility index (Phi) is 4.46. The number of carbonyl (C=O) groups excluding carboxylic acids is 1. The summed E-state index contributed by atoms with van der Waals surface area (Å²) in [7, 11) is 0. The number of nitriles is 1. The van der Waals surface area contributed by atoms with Gasteiger partial charge in [-0.1, -0.05) is 26.8 Å². The van der Waals surface area contributed by atoms with Crippen molar-refractivity contribution in [3.05, 3.63) is 63.8 Å². The number of anilines is 1. The predicted octanol–water partition coefficient (Wildman–Crippen LogP) is 4.27. The molecule has 1 aromatic heterocycles. The summed E-state index contributed by atoms with van der Waals surface area (Å²) in [5.41, 5.74) is 7.17. The zero-order valence-electron chi connectivity index (χ0n) is 18.6. The molecule has 1 aliphatic heterocycles. The van der Waals surface area contributed by atoms with Crippen molar-refractivity contribution in [1.29, 1.82) is 5.26 Å². The van der Waals surface area contributed by atoms with Crippen LogP contribution >= 0.6 is 0 Å². The van der Waals surface area contributed by atoms with Gasteiger partial charge in [0, 0.05) is 58.9 Å². The van der Waals surface area contributed by atoms with E-state index in [1.807, 2.05) is 12.1 Å². The minimum atomic E-state index is -0.342. The first-order chi connectivity index (χ1) is 14.8. The molecule has 0 saturated carbocycles. The van der Waals surface area contributed by atoms with Crippen LogP contribution in [0.25, 0.3) is 10.9 Å². The fourth-order valence-electron chi connectivity index (χ4n) is 5.31. The predicted molar refractivity (Wildman–Crippen MR) is 124 cm³/mol. The lowest BCUT2D eigenvalue weighted by Crippen LogP contribution is -2.49. The monoisotopic (exact) mass is 412 g/mol. The standard InChI is InChI=1S/C26H28N4O/c1-5-17-11-19-20(12-22(17)30-9-8-28-15(2)14-30)26(3,4)25-23(24(19)31)18-7-6-16(13-27)10-21(18)29-25/h6-7,10-12,15,28-29H,5,8-9,14H2,1-4H3/t15-/m0/s1. The summed E-state index contributed by atoms with van der Waals surface area (Å²) in [6, 6.07) is 12.6. The second-order valence-electron chi connectivity index (χ2n) is 9.38. The van der Waals surface area contributed by atoms with Gasteiger partial charge < -0.3 is 15.2 Å². The molecule has 0 spiro atoms. The first-order valence-corrected chi connectivity index (χ1v) is 11.1. The van der Waals surface area contributed by atoms with Gasteiger partial charge in [-0.15, -0.1) is 0 Å². The Bertz CT molecular complexity index is 1260. The van der Waals surface area contributed by atoms with Crippen molar-refractivity contribution < 1.29 is 4.79 Å². The van der Waals surface area contributed by atoms with Crippen molar-refractivity contribution in [2.75, 3.05) is 24.5 Å². The molecule has 158 valence electrons. The van der Waals surface area contributed by atoms with E-state index in [0.717, 1.165) is 59.3 Å². The highest BCUT2D eigenvalue weighted by Gasteiger charge is 2.40. The Morgan fingerprint density at radius 2 is 2.06 bits per heavy atom. The number of aryl methyl sites for hydroxylation is 1. The maximum absolute atomic E-state index is 13.7. The van der Waals surface area contributed by atoms with Gasteiger partial charge in [0.25, 0.3) is 0 Å². The Balaban J connectivity index is 1.72. The molecule has 31 heavy (non-hydrogen) atoms. The second kappa shape index (κ2) is 6.96. The van der Waals surface area contributed by atoms with E-state index < -0.39 is 0 Å². The number of carbonyl (C=O) groups is 1. The molecule has 3 aromatic rings. The normalized spacial score (nSPS) is 19.8. The molecule has 2 aromatic carbocycles. The number of aromatic nitrogens is 1. The van der Waals surface area contributed by atoms with Crippen molar-refractivity contribution in [3.63, 3.8) is 0 Å². The third-order valence-electron chi connectivity index (χ3n) is 7.01. The van der Waals surface area contributed by atoms with Crippen LogP contribution in [-0.2, 0) is 11.8 Å². The summed E-state index contributed by atoms with van der Waals surface area (Å²) in [5.74, 6) is 0.0789. The summed E-state index contributed by atoms with van der Waals surface area (Å²) in [5, 5.41) is 13.7. The quantitative estimate of drug-likeness (QED) is 0.659. The van der Waals surface area contributed by atoms with Crippen LogP contribution in [0.1, 0.15) is 66.0 Å². The first kappa shape index (κ1) is 19.8. The van der Waals surface area contributed by atoms with Crippen molar-refractivity contribution in [3.8, 4) is 6.07 Å². The topological polar surface area (TPSA) is 71.9 Å². The molecule has 1 aliphatic carbocycles. The third kappa shape index (κ3) is 2.90. The number of rotatable bonds is 2. The lowest BCUT2D eigenvalue weighted by molar-refractivity contribution is 0.103. The molecule has 2 N–H and O–H groups in total. The Morgan fingerprint density at radius 3 is 2.77 bits per heavy atom. The maximum atomic E-state index is 13.7. The molecule has 5 heteroatoms.